The average Bonchev–Trinajstić information content (AvgIpc) is 2.28. The molecular formula is C14H22INO. The Balaban J connectivity index is 2.37. The molecule has 0 fully saturated rings. The van der Waals surface area contributed by atoms with Gasteiger partial charge in [-0.15, -0.1) is 0 Å². The van der Waals surface area contributed by atoms with Crippen molar-refractivity contribution in [2.75, 3.05) is 5.73 Å². The van der Waals surface area contributed by atoms with Gasteiger partial charge >= 0.3 is 0 Å². The number of ether oxygens (including phenoxy) is 1. The molecule has 0 aliphatic heterocycles. The Labute approximate surface area is 118 Å². The molecular weight excluding hydrogens is 325 g/mol. The second kappa shape index (κ2) is 7.80. The van der Waals surface area contributed by atoms with Crippen molar-refractivity contribution in [3.8, 4) is 5.75 Å². The Bertz CT molecular complexity index is 341. The number of hydrogen-bond acceptors (Lipinski definition) is 2. The fraction of sp³-hybridized carbons (Fsp3) is 0.571. The molecule has 0 heterocycles. The van der Waals surface area contributed by atoms with E-state index < -0.39 is 0 Å². The monoisotopic (exact) mass is 347 g/mol. The first-order chi connectivity index (χ1) is 8.13. The SMILES string of the molecule is CCCCCCC(C)Oc1ccc(N)cc1I. The first-order valence-electron chi connectivity index (χ1n) is 6.35. The summed E-state index contributed by atoms with van der Waals surface area (Å²) < 4.78 is 7.00. The van der Waals surface area contributed by atoms with Gasteiger partial charge in [-0.1, -0.05) is 26.2 Å². The van der Waals surface area contributed by atoms with Crippen molar-refractivity contribution in [3.05, 3.63) is 21.8 Å². The molecule has 2 nitrogen and oxygen atoms in total. The van der Waals surface area contributed by atoms with Crippen molar-refractivity contribution < 1.29 is 4.74 Å². The topological polar surface area (TPSA) is 35.2 Å². The molecule has 96 valence electrons. The van der Waals surface area contributed by atoms with Crippen molar-refractivity contribution in [1.82, 2.24) is 0 Å². The highest BCUT2D eigenvalue weighted by atomic mass is 127. The van der Waals surface area contributed by atoms with Crippen molar-refractivity contribution in [2.45, 2.75) is 52.1 Å². The van der Waals surface area contributed by atoms with Gasteiger partial charge in [-0.05, 0) is 60.6 Å². The van der Waals surface area contributed by atoms with Crippen LogP contribution in [0.3, 0.4) is 0 Å². The van der Waals surface area contributed by atoms with E-state index in [9.17, 15) is 0 Å². The number of rotatable bonds is 7. The number of unbranched alkanes of at least 4 members (excludes halogenated alkanes) is 3. The minimum atomic E-state index is 0.281. The van der Waals surface area contributed by atoms with E-state index in [4.69, 9.17) is 10.5 Å². The van der Waals surface area contributed by atoms with Gasteiger partial charge in [-0.2, -0.15) is 0 Å². The number of nitrogen functional groups attached to an aromatic ring is 1. The predicted octanol–water partition coefficient (Wildman–Crippen LogP) is 4.61. The van der Waals surface area contributed by atoms with Gasteiger partial charge in [0.05, 0.1) is 9.67 Å². The number of hydrogen-bond donors (Lipinski definition) is 1. The van der Waals surface area contributed by atoms with Crippen LogP contribution in [0.5, 0.6) is 5.75 Å². The van der Waals surface area contributed by atoms with Crippen molar-refractivity contribution in [1.29, 1.82) is 0 Å². The molecule has 1 aromatic rings. The third kappa shape index (κ3) is 5.61. The highest BCUT2D eigenvalue weighted by Crippen LogP contribution is 2.24. The molecule has 0 aliphatic rings. The number of nitrogens with two attached hydrogens (primary N) is 1. The van der Waals surface area contributed by atoms with E-state index in [0.29, 0.717) is 0 Å². The van der Waals surface area contributed by atoms with E-state index in [1.54, 1.807) is 0 Å². The molecule has 3 heteroatoms. The lowest BCUT2D eigenvalue weighted by Gasteiger charge is -2.16. The molecule has 0 bridgehead atoms. The van der Waals surface area contributed by atoms with Crippen molar-refractivity contribution in [2.24, 2.45) is 0 Å². The van der Waals surface area contributed by atoms with Crippen LogP contribution in [-0.4, -0.2) is 6.10 Å². The zero-order chi connectivity index (χ0) is 12.7. The standard InChI is InChI=1S/C14H22INO/c1-3-4-5-6-7-11(2)17-14-9-8-12(16)10-13(14)15/h8-11H,3-7,16H2,1-2H3. The summed E-state index contributed by atoms with van der Waals surface area (Å²) in [6.07, 6.45) is 6.57. The van der Waals surface area contributed by atoms with E-state index in [0.717, 1.165) is 21.4 Å². The lowest BCUT2D eigenvalue weighted by atomic mass is 10.1. The summed E-state index contributed by atoms with van der Waals surface area (Å²) in [7, 11) is 0. The maximum atomic E-state index is 5.92. The number of anilines is 1. The lowest BCUT2D eigenvalue weighted by molar-refractivity contribution is 0.205. The molecule has 2 N–H and O–H groups in total. The Morgan fingerprint density at radius 2 is 2.06 bits per heavy atom. The Morgan fingerprint density at radius 1 is 1.29 bits per heavy atom. The van der Waals surface area contributed by atoms with Gasteiger partial charge in [0.1, 0.15) is 5.75 Å². The van der Waals surface area contributed by atoms with Crippen LogP contribution in [-0.2, 0) is 0 Å². The molecule has 1 aromatic carbocycles. The van der Waals surface area contributed by atoms with Crippen LogP contribution in [0.4, 0.5) is 5.69 Å². The van der Waals surface area contributed by atoms with Gasteiger partial charge in [-0.3, -0.25) is 0 Å². The molecule has 0 spiro atoms. The maximum Gasteiger partial charge on any atom is 0.133 e. The molecule has 0 aliphatic carbocycles. The van der Waals surface area contributed by atoms with Crippen LogP contribution in [0.25, 0.3) is 0 Å². The van der Waals surface area contributed by atoms with Gasteiger partial charge in [0, 0.05) is 5.69 Å². The minimum Gasteiger partial charge on any atom is -0.490 e. The zero-order valence-electron chi connectivity index (χ0n) is 10.7. The number of halogens is 1. The van der Waals surface area contributed by atoms with Gasteiger partial charge in [-0.25, -0.2) is 0 Å². The Kier molecular flexibility index (Phi) is 6.70. The predicted molar refractivity (Wildman–Crippen MR) is 82.4 cm³/mol. The molecule has 1 rings (SSSR count). The minimum absolute atomic E-state index is 0.281. The van der Waals surface area contributed by atoms with E-state index >= 15 is 0 Å². The molecule has 17 heavy (non-hydrogen) atoms. The summed E-state index contributed by atoms with van der Waals surface area (Å²) in [4.78, 5) is 0. The van der Waals surface area contributed by atoms with E-state index in [1.165, 1.54) is 25.7 Å². The Hall–Kier alpha value is -0.450. The van der Waals surface area contributed by atoms with Gasteiger partial charge in [0.15, 0.2) is 0 Å². The summed E-state index contributed by atoms with van der Waals surface area (Å²) in [5.41, 5.74) is 6.50. The second-order valence-electron chi connectivity index (χ2n) is 4.47. The maximum absolute atomic E-state index is 5.92. The summed E-state index contributed by atoms with van der Waals surface area (Å²) in [5.74, 6) is 0.947. The largest absolute Gasteiger partial charge is 0.490 e. The zero-order valence-corrected chi connectivity index (χ0v) is 12.9. The van der Waals surface area contributed by atoms with E-state index in [-0.39, 0.29) is 6.10 Å². The van der Waals surface area contributed by atoms with Crippen LogP contribution in [0.2, 0.25) is 0 Å². The molecule has 0 aromatic heterocycles. The Morgan fingerprint density at radius 3 is 2.71 bits per heavy atom. The fourth-order valence-electron chi connectivity index (χ4n) is 1.75. The fourth-order valence-corrected chi connectivity index (χ4v) is 2.41. The third-order valence-corrected chi connectivity index (χ3v) is 3.59. The van der Waals surface area contributed by atoms with E-state index in [2.05, 4.69) is 36.4 Å². The van der Waals surface area contributed by atoms with Gasteiger partial charge in [0.2, 0.25) is 0 Å². The van der Waals surface area contributed by atoms with Crippen LogP contribution in [0, 0.1) is 3.57 Å². The van der Waals surface area contributed by atoms with Gasteiger partial charge < -0.3 is 10.5 Å². The van der Waals surface area contributed by atoms with Crippen LogP contribution in [0.15, 0.2) is 18.2 Å². The molecule has 0 amide bonds. The average molecular weight is 347 g/mol. The summed E-state index contributed by atoms with van der Waals surface area (Å²) in [6, 6.07) is 5.79. The van der Waals surface area contributed by atoms with Crippen molar-refractivity contribution in [3.63, 3.8) is 0 Å². The summed E-state index contributed by atoms with van der Waals surface area (Å²) in [5, 5.41) is 0. The first kappa shape index (κ1) is 14.6. The smallest absolute Gasteiger partial charge is 0.133 e. The molecule has 0 radical (unpaired) electrons. The lowest BCUT2D eigenvalue weighted by Crippen LogP contribution is -2.12. The highest BCUT2D eigenvalue weighted by Gasteiger charge is 2.07. The van der Waals surface area contributed by atoms with Crippen LogP contribution in [0.1, 0.15) is 46.0 Å². The highest BCUT2D eigenvalue weighted by molar-refractivity contribution is 14.1. The quantitative estimate of drug-likeness (QED) is 0.444. The molecule has 1 unspecified atom stereocenters. The first-order valence-corrected chi connectivity index (χ1v) is 7.43. The second-order valence-corrected chi connectivity index (χ2v) is 5.63. The normalized spacial score (nSPS) is 12.4. The van der Waals surface area contributed by atoms with Gasteiger partial charge in [0.25, 0.3) is 0 Å². The molecule has 0 saturated heterocycles. The molecule has 0 saturated carbocycles. The van der Waals surface area contributed by atoms with E-state index in [1.807, 2.05) is 18.2 Å². The molecule has 1 atom stereocenters. The van der Waals surface area contributed by atoms with Crippen LogP contribution < -0.4 is 10.5 Å². The van der Waals surface area contributed by atoms with Crippen molar-refractivity contribution >= 4 is 28.3 Å². The third-order valence-electron chi connectivity index (χ3n) is 2.75. The van der Waals surface area contributed by atoms with Crippen LogP contribution >= 0.6 is 22.6 Å². The summed E-state index contributed by atoms with van der Waals surface area (Å²) in [6.45, 7) is 4.37. The number of benzene rings is 1. The summed E-state index contributed by atoms with van der Waals surface area (Å²) >= 11 is 2.27.